The summed E-state index contributed by atoms with van der Waals surface area (Å²) in [7, 11) is 1.95. The molecule has 0 spiro atoms. The van der Waals surface area contributed by atoms with Crippen molar-refractivity contribution in [1.29, 1.82) is 0 Å². The van der Waals surface area contributed by atoms with E-state index in [9.17, 15) is 4.79 Å². The number of hydrogen-bond donors (Lipinski definition) is 0. The second-order valence-electron chi connectivity index (χ2n) is 2.42. The predicted molar refractivity (Wildman–Crippen MR) is 47.6 cm³/mol. The third-order valence-corrected chi connectivity index (χ3v) is 1.60. The van der Waals surface area contributed by atoms with Crippen LogP contribution in [0.4, 0.5) is 0 Å². The largest absolute Gasteiger partial charge is 0.298 e. The van der Waals surface area contributed by atoms with Crippen LogP contribution in [0.2, 0.25) is 0 Å². The summed E-state index contributed by atoms with van der Waals surface area (Å²) in [6.07, 6.45) is 3.97. The van der Waals surface area contributed by atoms with Crippen LogP contribution in [0.15, 0.2) is 12.2 Å². The van der Waals surface area contributed by atoms with Crippen molar-refractivity contribution in [2.45, 2.75) is 26.8 Å². The molecule has 0 amide bonds. The van der Waals surface area contributed by atoms with Gasteiger partial charge >= 0.3 is 0 Å². The number of hydrogen-bond acceptors (Lipinski definition) is 2. The first-order valence-corrected chi connectivity index (χ1v) is 4.09. The van der Waals surface area contributed by atoms with E-state index in [0.717, 1.165) is 6.54 Å². The zero-order chi connectivity index (χ0) is 8.85. The van der Waals surface area contributed by atoms with Crippen LogP contribution in [-0.4, -0.2) is 30.3 Å². The molecule has 0 N–H and O–H groups in total. The standard InChI is InChI=1S/C7H11NO.C2H6/c1-6(9)7-4-3-5-8(7)2;1-2/h3-4,7H,5H2,1-2H3;1-2H3. The summed E-state index contributed by atoms with van der Waals surface area (Å²) in [6, 6.07) is 0.0463. The van der Waals surface area contributed by atoms with E-state index in [1.807, 2.05) is 37.9 Å². The Morgan fingerprint density at radius 2 is 2.09 bits per heavy atom. The Balaban J connectivity index is 0.000000461. The maximum Gasteiger partial charge on any atom is 0.150 e. The first-order chi connectivity index (χ1) is 5.22. The van der Waals surface area contributed by atoms with Gasteiger partial charge in [0, 0.05) is 6.54 Å². The Kier molecular flexibility index (Phi) is 4.79. The number of ketones is 1. The third kappa shape index (κ3) is 2.85. The number of nitrogens with zero attached hydrogens (tertiary/aromatic N) is 1. The van der Waals surface area contributed by atoms with Gasteiger partial charge in [-0.25, -0.2) is 0 Å². The van der Waals surface area contributed by atoms with Crippen LogP contribution in [0.3, 0.4) is 0 Å². The fraction of sp³-hybridized carbons (Fsp3) is 0.667. The zero-order valence-corrected chi connectivity index (χ0v) is 7.79. The van der Waals surface area contributed by atoms with Gasteiger partial charge in [0.15, 0.2) is 5.78 Å². The van der Waals surface area contributed by atoms with Crippen molar-refractivity contribution in [3.8, 4) is 0 Å². The van der Waals surface area contributed by atoms with E-state index in [-0.39, 0.29) is 11.8 Å². The van der Waals surface area contributed by atoms with Crippen molar-refractivity contribution >= 4 is 5.78 Å². The Morgan fingerprint density at radius 1 is 1.55 bits per heavy atom. The second-order valence-corrected chi connectivity index (χ2v) is 2.42. The maximum absolute atomic E-state index is 10.8. The van der Waals surface area contributed by atoms with Crippen LogP contribution in [0.25, 0.3) is 0 Å². The maximum atomic E-state index is 10.8. The SMILES string of the molecule is CC.CC(=O)C1C=CCN1C. The Hall–Kier alpha value is -0.630. The highest BCUT2D eigenvalue weighted by molar-refractivity contribution is 5.83. The second kappa shape index (κ2) is 5.08. The van der Waals surface area contributed by atoms with Gasteiger partial charge in [0.25, 0.3) is 0 Å². The monoisotopic (exact) mass is 155 g/mol. The molecule has 1 atom stereocenters. The molecule has 0 aliphatic carbocycles. The van der Waals surface area contributed by atoms with Crippen molar-refractivity contribution in [1.82, 2.24) is 4.90 Å². The minimum absolute atomic E-state index is 0.0463. The van der Waals surface area contributed by atoms with Crippen molar-refractivity contribution in [2.24, 2.45) is 0 Å². The Morgan fingerprint density at radius 3 is 2.27 bits per heavy atom. The van der Waals surface area contributed by atoms with Gasteiger partial charge < -0.3 is 0 Å². The number of Topliss-reactive ketones (excluding diaryl/α,β-unsaturated/α-hetero) is 1. The zero-order valence-electron chi connectivity index (χ0n) is 7.79. The summed E-state index contributed by atoms with van der Waals surface area (Å²) in [5.41, 5.74) is 0. The highest BCUT2D eigenvalue weighted by atomic mass is 16.1. The minimum Gasteiger partial charge on any atom is -0.298 e. The molecule has 1 heterocycles. The molecular formula is C9H17NO. The first-order valence-electron chi connectivity index (χ1n) is 4.09. The number of carbonyl (C=O) groups is 1. The third-order valence-electron chi connectivity index (χ3n) is 1.60. The van der Waals surface area contributed by atoms with Crippen LogP contribution in [0.5, 0.6) is 0 Å². The summed E-state index contributed by atoms with van der Waals surface area (Å²) in [6.45, 7) is 6.53. The number of rotatable bonds is 1. The summed E-state index contributed by atoms with van der Waals surface area (Å²) in [5, 5.41) is 0. The predicted octanol–water partition coefficient (Wildman–Crippen LogP) is 1.47. The number of carbonyl (C=O) groups excluding carboxylic acids is 1. The molecule has 1 unspecified atom stereocenters. The average Bonchev–Trinajstić information content (AvgIpc) is 2.39. The topological polar surface area (TPSA) is 20.3 Å². The molecule has 0 fully saturated rings. The highest BCUT2D eigenvalue weighted by Gasteiger charge is 2.18. The lowest BCUT2D eigenvalue weighted by Crippen LogP contribution is -2.31. The van der Waals surface area contributed by atoms with E-state index in [1.165, 1.54) is 0 Å². The van der Waals surface area contributed by atoms with Crippen LogP contribution in [0.1, 0.15) is 20.8 Å². The molecule has 0 radical (unpaired) electrons. The minimum atomic E-state index is 0.0463. The normalized spacial score (nSPS) is 22.7. The summed E-state index contributed by atoms with van der Waals surface area (Å²) >= 11 is 0. The molecule has 0 saturated heterocycles. The van der Waals surface area contributed by atoms with Crippen LogP contribution >= 0.6 is 0 Å². The molecule has 0 aromatic heterocycles. The van der Waals surface area contributed by atoms with Gasteiger partial charge in [-0.15, -0.1) is 0 Å². The molecule has 2 heteroatoms. The first kappa shape index (κ1) is 10.4. The summed E-state index contributed by atoms with van der Waals surface area (Å²) in [5.74, 6) is 0.228. The summed E-state index contributed by atoms with van der Waals surface area (Å²) < 4.78 is 0. The van der Waals surface area contributed by atoms with Crippen molar-refractivity contribution in [2.75, 3.05) is 13.6 Å². The van der Waals surface area contributed by atoms with Gasteiger partial charge in [0.1, 0.15) is 0 Å². The van der Waals surface area contributed by atoms with Crippen LogP contribution in [-0.2, 0) is 4.79 Å². The average molecular weight is 155 g/mol. The molecule has 64 valence electrons. The molecule has 2 nitrogen and oxygen atoms in total. The quantitative estimate of drug-likeness (QED) is 0.534. The molecule has 1 aliphatic heterocycles. The van der Waals surface area contributed by atoms with Crippen molar-refractivity contribution < 1.29 is 4.79 Å². The van der Waals surface area contributed by atoms with E-state index in [2.05, 4.69) is 0 Å². The van der Waals surface area contributed by atoms with Gasteiger partial charge in [-0.05, 0) is 14.0 Å². The van der Waals surface area contributed by atoms with E-state index >= 15 is 0 Å². The number of likely N-dealkylation sites (N-methyl/N-ethyl adjacent to an activating group) is 1. The smallest absolute Gasteiger partial charge is 0.150 e. The van der Waals surface area contributed by atoms with Gasteiger partial charge in [-0.2, -0.15) is 0 Å². The van der Waals surface area contributed by atoms with Crippen molar-refractivity contribution in [3.63, 3.8) is 0 Å². The fourth-order valence-corrected chi connectivity index (χ4v) is 1.06. The fourth-order valence-electron chi connectivity index (χ4n) is 1.06. The highest BCUT2D eigenvalue weighted by Crippen LogP contribution is 2.06. The van der Waals surface area contributed by atoms with Crippen molar-refractivity contribution in [3.05, 3.63) is 12.2 Å². The van der Waals surface area contributed by atoms with E-state index in [4.69, 9.17) is 0 Å². The molecule has 1 rings (SSSR count). The lowest BCUT2D eigenvalue weighted by Gasteiger charge is -2.14. The molecular weight excluding hydrogens is 138 g/mol. The van der Waals surface area contributed by atoms with Gasteiger partial charge in [-0.1, -0.05) is 26.0 Å². The lowest BCUT2D eigenvalue weighted by atomic mass is 10.2. The molecule has 0 aromatic rings. The van der Waals surface area contributed by atoms with Gasteiger partial charge in [0.05, 0.1) is 6.04 Å². The van der Waals surface area contributed by atoms with E-state index in [0.29, 0.717) is 0 Å². The van der Waals surface area contributed by atoms with Crippen LogP contribution in [0, 0.1) is 0 Å². The molecule has 0 aromatic carbocycles. The Labute approximate surface area is 68.9 Å². The lowest BCUT2D eigenvalue weighted by molar-refractivity contribution is -0.119. The molecule has 0 saturated carbocycles. The van der Waals surface area contributed by atoms with E-state index < -0.39 is 0 Å². The Bertz CT molecular complexity index is 152. The molecule has 0 bridgehead atoms. The van der Waals surface area contributed by atoms with Gasteiger partial charge in [-0.3, -0.25) is 9.69 Å². The van der Waals surface area contributed by atoms with E-state index in [1.54, 1.807) is 6.92 Å². The molecule has 11 heavy (non-hydrogen) atoms. The summed E-state index contributed by atoms with van der Waals surface area (Å²) in [4.78, 5) is 12.8. The molecule has 1 aliphatic rings. The van der Waals surface area contributed by atoms with Crippen LogP contribution < -0.4 is 0 Å². The van der Waals surface area contributed by atoms with Gasteiger partial charge in [0.2, 0.25) is 0 Å².